The molecule has 5 heteroatoms. The van der Waals surface area contributed by atoms with Gasteiger partial charge in [0, 0.05) is 12.8 Å². The van der Waals surface area contributed by atoms with E-state index in [1.54, 1.807) is 0 Å². The lowest BCUT2D eigenvalue weighted by atomic mass is 10.0. The highest BCUT2D eigenvalue weighted by atomic mass is 16.6. The van der Waals surface area contributed by atoms with Crippen molar-refractivity contribution in [3.8, 4) is 0 Å². The van der Waals surface area contributed by atoms with E-state index in [1.165, 1.54) is 193 Å². The molecule has 0 aromatic carbocycles. The zero-order chi connectivity index (χ0) is 35.0. The molecule has 0 amide bonds. The monoisotopic (exact) mass is 681 g/mol. The maximum Gasteiger partial charge on any atom is 0.305 e. The third-order valence-corrected chi connectivity index (χ3v) is 9.84. The van der Waals surface area contributed by atoms with E-state index in [9.17, 15) is 14.7 Å². The molecule has 5 nitrogen and oxygen atoms in total. The minimum atomic E-state index is -0.955. The van der Waals surface area contributed by atoms with Crippen LogP contribution >= 0.6 is 0 Å². The standard InChI is InChI=1S/C43H84O5/c1-3-5-7-9-11-13-15-17-19-20-21-22-24-26-28-30-32-34-36-38-43(46)48-40-41(44)39-47-42(45)37-35-33-31-29-27-25-23-18-16-14-12-10-8-6-4-2/h41,44H,3-40H2,1-2H3. The van der Waals surface area contributed by atoms with E-state index in [-0.39, 0.29) is 25.2 Å². The summed E-state index contributed by atoms with van der Waals surface area (Å²) in [4.78, 5) is 24.0. The van der Waals surface area contributed by atoms with Gasteiger partial charge < -0.3 is 14.6 Å². The normalized spacial score (nSPS) is 12.0. The number of carbonyl (C=O) groups excluding carboxylic acids is 2. The molecule has 286 valence electrons. The van der Waals surface area contributed by atoms with Crippen molar-refractivity contribution in [1.82, 2.24) is 0 Å². The van der Waals surface area contributed by atoms with E-state index in [2.05, 4.69) is 13.8 Å². The second kappa shape index (κ2) is 40.3. The Balaban J connectivity index is 3.35. The number of hydrogen-bond acceptors (Lipinski definition) is 5. The molecule has 1 unspecified atom stereocenters. The highest BCUT2D eigenvalue weighted by Crippen LogP contribution is 2.16. The predicted molar refractivity (Wildman–Crippen MR) is 205 cm³/mol. The first kappa shape index (κ1) is 46.9. The molecule has 0 spiro atoms. The van der Waals surface area contributed by atoms with Gasteiger partial charge in [0.1, 0.15) is 19.3 Å². The molecular formula is C43H84O5. The number of carbonyl (C=O) groups is 2. The highest BCUT2D eigenvalue weighted by Gasteiger charge is 2.12. The summed E-state index contributed by atoms with van der Waals surface area (Å²) in [6.07, 6.45) is 44.5. The summed E-state index contributed by atoms with van der Waals surface area (Å²) in [5.74, 6) is -0.547. The fourth-order valence-corrected chi connectivity index (χ4v) is 6.56. The van der Waals surface area contributed by atoms with Gasteiger partial charge in [0.25, 0.3) is 0 Å². The van der Waals surface area contributed by atoms with Crippen LogP contribution in [0.3, 0.4) is 0 Å². The van der Waals surface area contributed by atoms with E-state index in [0.29, 0.717) is 12.8 Å². The Kier molecular flexibility index (Phi) is 39.4. The summed E-state index contributed by atoms with van der Waals surface area (Å²) in [5.41, 5.74) is 0. The van der Waals surface area contributed by atoms with Crippen molar-refractivity contribution in [2.24, 2.45) is 0 Å². The van der Waals surface area contributed by atoms with Crippen LogP contribution in [0.25, 0.3) is 0 Å². The molecule has 0 saturated heterocycles. The Labute approximate surface area is 299 Å². The molecule has 0 aliphatic carbocycles. The van der Waals surface area contributed by atoms with Gasteiger partial charge in [0.05, 0.1) is 0 Å². The number of unbranched alkanes of at least 4 members (excludes halogenated alkanes) is 32. The van der Waals surface area contributed by atoms with Gasteiger partial charge in [-0.2, -0.15) is 0 Å². The first-order valence-electron chi connectivity index (χ1n) is 21.6. The number of aliphatic hydroxyl groups excluding tert-OH is 1. The number of esters is 2. The molecule has 1 N–H and O–H groups in total. The van der Waals surface area contributed by atoms with Crippen LogP contribution in [-0.2, 0) is 19.1 Å². The van der Waals surface area contributed by atoms with E-state index in [0.717, 1.165) is 25.7 Å². The van der Waals surface area contributed by atoms with Crippen LogP contribution in [0.15, 0.2) is 0 Å². The Bertz CT molecular complexity index is 651. The molecule has 0 fully saturated rings. The third kappa shape index (κ3) is 39.3. The van der Waals surface area contributed by atoms with Gasteiger partial charge in [-0.25, -0.2) is 0 Å². The first-order valence-corrected chi connectivity index (χ1v) is 21.6. The van der Waals surface area contributed by atoms with Crippen LogP contribution in [0.5, 0.6) is 0 Å². The summed E-state index contributed by atoms with van der Waals surface area (Å²) in [6, 6.07) is 0. The van der Waals surface area contributed by atoms with Gasteiger partial charge in [-0.05, 0) is 12.8 Å². The van der Waals surface area contributed by atoms with Crippen molar-refractivity contribution in [2.75, 3.05) is 13.2 Å². The van der Waals surface area contributed by atoms with E-state index >= 15 is 0 Å². The second-order valence-corrected chi connectivity index (χ2v) is 14.8. The second-order valence-electron chi connectivity index (χ2n) is 14.8. The molecule has 0 rings (SSSR count). The molecule has 0 aromatic rings. The topological polar surface area (TPSA) is 72.8 Å². The fraction of sp³-hybridized carbons (Fsp3) is 0.953. The molecule has 0 aliphatic rings. The summed E-state index contributed by atoms with van der Waals surface area (Å²) in [6.45, 7) is 4.34. The quantitative estimate of drug-likeness (QED) is 0.0515. The van der Waals surface area contributed by atoms with Crippen molar-refractivity contribution < 1.29 is 24.2 Å². The number of aliphatic hydroxyl groups is 1. The minimum Gasteiger partial charge on any atom is -0.463 e. The van der Waals surface area contributed by atoms with Crippen LogP contribution < -0.4 is 0 Å². The van der Waals surface area contributed by atoms with Gasteiger partial charge in [-0.15, -0.1) is 0 Å². The maximum absolute atomic E-state index is 12.0. The molecule has 0 saturated carbocycles. The lowest BCUT2D eigenvalue weighted by Crippen LogP contribution is -2.25. The van der Waals surface area contributed by atoms with Crippen molar-refractivity contribution in [3.05, 3.63) is 0 Å². The Hall–Kier alpha value is -1.10. The van der Waals surface area contributed by atoms with Crippen molar-refractivity contribution in [2.45, 2.75) is 251 Å². The van der Waals surface area contributed by atoms with Crippen LogP contribution in [0, 0.1) is 0 Å². The van der Waals surface area contributed by atoms with Crippen LogP contribution in [-0.4, -0.2) is 36.4 Å². The SMILES string of the molecule is CCCCCCCCCCCCCCCCCCCCCC(=O)OCC(O)COC(=O)CCCCCCCCCCCCCCCCC. The summed E-state index contributed by atoms with van der Waals surface area (Å²) < 4.78 is 10.4. The van der Waals surface area contributed by atoms with Crippen LogP contribution in [0.1, 0.15) is 245 Å². The molecule has 0 heterocycles. The first-order chi connectivity index (χ1) is 23.6. The number of ether oxygens (including phenoxy) is 2. The molecule has 0 radical (unpaired) electrons. The van der Waals surface area contributed by atoms with Crippen molar-refractivity contribution >= 4 is 11.9 Å². The van der Waals surface area contributed by atoms with Crippen molar-refractivity contribution in [3.63, 3.8) is 0 Å². The number of hydrogen-bond donors (Lipinski definition) is 1. The summed E-state index contributed by atoms with van der Waals surface area (Å²) >= 11 is 0. The summed E-state index contributed by atoms with van der Waals surface area (Å²) in [7, 11) is 0. The highest BCUT2D eigenvalue weighted by molar-refractivity contribution is 5.69. The minimum absolute atomic E-state index is 0.107. The van der Waals surface area contributed by atoms with Gasteiger partial charge in [-0.3, -0.25) is 9.59 Å². The largest absolute Gasteiger partial charge is 0.463 e. The maximum atomic E-state index is 12.0. The van der Waals surface area contributed by atoms with E-state index < -0.39 is 6.10 Å². The molecule has 0 aromatic heterocycles. The van der Waals surface area contributed by atoms with E-state index in [4.69, 9.17) is 9.47 Å². The van der Waals surface area contributed by atoms with E-state index in [1.807, 2.05) is 0 Å². The van der Waals surface area contributed by atoms with Crippen LogP contribution in [0.4, 0.5) is 0 Å². The fourth-order valence-electron chi connectivity index (χ4n) is 6.56. The molecule has 48 heavy (non-hydrogen) atoms. The zero-order valence-electron chi connectivity index (χ0n) is 32.5. The molecule has 1 atom stereocenters. The predicted octanol–water partition coefficient (Wildman–Crippen LogP) is 13.5. The molecule has 0 aliphatic heterocycles. The Morgan fingerprint density at radius 2 is 0.542 bits per heavy atom. The third-order valence-electron chi connectivity index (χ3n) is 9.84. The molecular weight excluding hydrogens is 596 g/mol. The smallest absolute Gasteiger partial charge is 0.305 e. The van der Waals surface area contributed by atoms with Gasteiger partial charge in [0.2, 0.25) is 0 Å². The van der Waals surface area contributed by atoms with Crippen molar-refractivity contribution in [1.29, 1.82) is 0 Å². The Morgan fingerprint density at radius 3 is 0.750 bits per heavy atom. The lowest BCUT2D eigenvalue weighted by Gasteiger charge is -2.12. The number of rotatable bonds is 40. The van der Waals surface area contributed by atoms with Gasteiger partial charge >= 0.3 is 11.9 Å². The average Bonchev–Trinajstić information content (AvgIpc) is 3.09. The average molecular weight is 681 g/mol. The molecule has 0 bridgehead atoms. The van der Waals surface area contributed by atoms with Crippen LogP contribution in [0.2, 0.25) is 0 Å². The van der Waals surface area contributed by atoms with Gasteiger partial charge in [-0.1, -0.05) is 219 Å². The Morgan fingerprint density at radius 1 is 0.354 bits per heavy atom. The summed E-state index contributed by atoms with van der Waals surface area (Å²) in [5, 5.41) is 10.0. The zero-order valence-corrected chi connectivity index (χ0v) is 32.5. The van der Waals surface area contributed by atoms with Gasteiger partial charge in [0.15, 0.2) is 0 Å². The lowest BCUT2D eigenvalue weighted by molar-refractivity contribution is -0.152.